The molecule has 0 saturated carbocycles. The molecule has 3 aromatic heterocycles. The van der Waals surface area contributed by atoms with E-state index in [1.165, 1.54) is 16.7 Å². The van der Waals surface area contributed by atoms with Crippen molar-refractivity contribution in [2.45, 2.75) is 17.7 Å². The minimum atomic E-state index is 0.688. The fourth-order valence-electron chi connectivity index (χ4n) is 3.34. The molecule has 0 radical (unpaired) electrons. The van der Waals surface area contributed by atoms with Gasteiger partial charge in [-0.05, 0) is 30.2 Å². The average Bonchev–Trinajstić information content (AvgIpc) is 3.21. The van der Waals surface area contributed by atoms with Crippen LogP contribution < -0.4 is 0 Å². The van der Waals surface area contributed by atoms with Gasteiger partial charge >= 0.3 is 0 Å². The molecule has 28 heavy (non-hydrogen) atoms. The van der Waals surface area contributed by atoms with Gasteiger partial charge in [-0.25, -0.2) is 19.9 Å². The molecule has 6 heteroatoms. The molecule has 5 rings (SSSR count). The molecule has 5 nitrogen and oxygen atoms in total. The zero-order valence-electron chi connectivity index (χ0n) is 15.3. The summed E-state index contributed by atoms with van der Waals surface area (Å²) in [5.74, 6) is 0.757. The molecule has 1 N–H and O–H groups in total. The van der Waals surface area contributed by atoms with Crippen LogP contribution in [0.1, 0.15) is 11.1 Å². The standard InChI is InChI=1S/C22H17N5S/c1-14-6-2-4-8-17(14)19-16(10-15-7-3-5-9-18(15)27-19)11-28-22-20-21(24-12-23-20)25-13-26-22/h2-10,12-13H,11H2,1H3,(H,23,24,25,26). The van der Waals surface area contributed by atoms with Crippen LogP contribution in [0.25, 0.3) is 33.3 Å². The Balaban J connectivity index is 1.60. The Labute approximate surface area is 166 Å². The molecule has 0 aliphatic carbocycles. The van der Waals surface area contributed by atoms with E-state index in [1.807, 2.05) is 12.1 Å². The highest BCUT2D eigenvalue weighted by molar-refractivity contribution is 7.98. The summed E-state index contributed by atoms with van der Waals surface area (Å²) < 4.78 is 0. The van der Waals surface area contributed by atoms with E-state index < -0.39 is 0 Å². The molecule has 0 aliphatic rings. The minimum Gasteiger partial charge on any atom is -0.341 e. The van der Waals surface area contributed by atoms with E-state index in [2.05, 4.69) is 69.3 Å². The number of thioether (sulfide) groups is 1. The lowest BCUT2D eigenvalue weighted by Gasteiger charge is -2.13. The maximum absolute atomic E-state index is 5.00. The van der Waals surface area contributed by atoms with Gasteiger partial charge in [0.1, 0.15) is 16.9 Å². The van der Waals surface area contributed by atoms with Crippen LogP contribution in [0.5, 0.6) is 0 Å². The zero-order chi connectivity index (χ0) is 18.9. The van der Waals surface area contributed by atoms with Crippen LogP contribution in [0.3, 0.4) is 0 Å². The van der Waals surface area contributed by atoms with Gasteiger partial charge in [-0.2, -0.15) is 0 Å². The first-order valence-electron chi connectivity index (χ1n) is 9.01. The van der Waals surface area contributed by atoms with Crippen molar-refractivity contribution in [3.05, 3.63) is 78.4 Å². The van der Waals surface area contributed by atoms with Crippen molar-refractivity contribution in [3.63, 3.8) is 0 Å². The smallest absolute Gasteiger partial charge is 0.181 e. The van der Waals surface area contributed by atoms with E-state index >= 15 is 0 Å². The van der Waals surface area contributed by atoms with Crippen LogP contribution in [0.15, 0.2) is 72.3 Å². The number of rotatable bonds is 4. The number of para-hydroxylation sites is 1. The van der Waals surface area contributed by atoms with E-state index in [-0.39, 0.29) is 0 Å². The largest absolute Gasteiger partial charge is 0.341 e. The Bertz CT molecular complexity index is 1290. The SMILES string of the molecule is Cc1ccccc1-c1nc2ccccc2cc1CSc1ncnc2nc[nH]c12. The first-order valence-corrected chi connectivity index (χ1v) is 10.00. The highest BCUT2D eigenvalue weighted by Crippen LogP contribution is 2.33. The summed E-state index contributed by atoms with van der Waals surface area (Å²) >= 11 is 1.67. The lowest BCUT2D eigenvalue weighted by atomic mass is 10.0. The fourth-order valence-corrected chi connectivity index (χ4v) is 4.27. The van der Waals surface area contributed by atoms with Crippen molar-refractivity contribution < 1.29 is 0 Å². The molecule has 0 aliphatic heterocycles. The first kappa shape index (κ1) is 16.9. The van der Waals surface area contributed by atoms with E-state index in [9.17, 15) is 0 Å². The van der Waals surface area contributed by atoms with Crippen LogP contribution in [-0.4, -0.2) is 24.9 Å². The van der Waals surface area contributed by atoms with Crippen LogP contribution in [0.2, 0.25) is 0 Å². The Morgan fingerprint density at radius 3 is 2.75 bits per heavy atom. The number of aryl methyl sites for hydroxylation is 1. The van der Waals surface area contributed by atoms with E-state index in [0.717, 1.165) is 32.9 Å². The third-order valence-electron chi connectivity index (χ3n) is 4.76. The van der Waals surface area contributed by atoms with Crippen LogP contribution in [0, 0.1) is 6.92 Å². The van der Waals surface area contributed by atoms with Crippen molar-refractivity contribution in [1.82, 2.24) is 24.9 Å². The number of benzene rings is 2. The predicted molar refractivity (Wildman–Crippen MR) is 113 cm³/mol. The average molecular weight is 383 g/mol. The van der Waals surface area contributed by atoms with Gasteiger partial charge < -0.3 is 4.98 Å². The molecule has 0 unspecified atom stereocenters. The fraction of sp³-hybridized carbons (Fsp3) is 0.0909. The summed E-state index contributed by atoms with van der Waals surface area (Å²) in [5, 5.41) is 2.04. The number of aromatic amines is 1. The van der Waals surface area contributed by atoms with Crippen molar-refractivity contribution in [3.8, 4) is 11.3 Å². The third-order valence-corrected chi connectivity index (χ3v) is 5.79. The molecule has 3 heterocycles. The Morgan fingerprint density at radius 1 is 0.964 bits per heavy atom. The molecular formula is C22H17N5S. The minimum absolute atomic E-state index is 0.688. The quantitative estimate of drug-likeness (QED) is 0.343. The van der Waals surface area contributed by atoms with Gasteiger partial charge in [0.15, 0.2) is 5.65 Å². The summed E-state index contributed by atoms with van der Waals surface area (Å²) in [4.78, 5) is 21.0. The highest BCUT2D eigenvalue weighted by Gasteiger charge is 2.13. The third kappa shape index (κ3) is 3.01. The maximum atomic E-state index is 5.00. The number of H-pyrrole nitrogens is 1. The lowest BCUT2D eigenvalue weighted by molar-refractivity contribution is 1.08. The van der Waals surface area contributed by atoms with Gasteiger partial charge in [-0.1, -0.05) is 54.2 Å². The second kappa shape index (κ2) is 7.05. The van der Waals surface area contributed by atoms with Gasteiger partial charge in [0.2, 0.25) is 0 Å². The van der Waals surface area contributed by atoms with Crippen molar-refractivity contribution in [2.24, 2.45) is 0 Å². The molecule has 0 bridgehead atoms. The molecule has 5 aromatic rings. The summed E-state index contributed by atoms with van der Waals surface area (Å²) in [5.41, 5.74) is 7.16. The lowest BCUT2D eigenvalue weighted by Crippen LogP contribution is -1.96. The Kier molecular flexibility index (Phi) is 4.25. The molecule has 0 spiro atoms. The number of pyridine rings is 1. The number of nitrogens with one attached hydrogen (secondary N) is 1. The second-order valence-corrected chi connectivity index (χ2v) is 7.54. The second-order valence-electron chi connectivity index (χ2n) is 6.57. The topological polar surface area (TPSA) is 67.3 Å². The zero-order valence-corrected chi connectivity index (χ0v) is 16.1. The normalized spacial score (nSPS) is 11.3. The molecule has 0 atom stereocenters. The highest BCUT2D eigenvalue weighted by atomic mass is 32.2. The van der Waals surface area contributed by atoms with Gasteiger partial charge in [-0.3, -0.25) is 0 Å². The number of fused-ring (bicyclic) bond motifs is 2. The molecule has 0 amide bonds. The van der Waals surface area contributed by atoms with Crippen LogP contribution >= 0.6 is 11.8 Å². The van der Waals surface area contributed by atoms with Gasteiger partial charge in [-0.15, -0.1) is 0 Å². The van der Waals surface area contributed by atoms with Gasteiger partial charge in [0, 0.05) is 16.7 Å². The molecule has 2 aromatic carbocycles. The number of nitrogens with zero attached hydrogens (tertiary/aromatic N) is 4. The summed E-state index contributed by atoms with van der Waals surface area (Å²) in [6.07, 6.45) is 3.21. The molecule has 0 fully saturated rings. The molecule has 0 saturated heterocycles. The van der Waals surface area contributed by atoms with Gasteiger partial charge in [0.05, 0.1) is 17.5 Å². The van der Waals surface area contributed by atoms with Crippen molar-refractivity contribution in [2.75, 3.05) is 0 Å². The number of imidazole rings is 1. The number of hydrogen-bond donors (Lipinski definition) is 1. The number of aromatic nitrogens is 5. The van der Waals surface area contributed by atoms with Gasteiger partial charge in [0.25, 0.3) is 0 Å². The molecular weight excluding hydrogens is 366 g/mol. The van der Waals surface area contributed by atoms with E-state index in [1.54, 1.807) is 24.4 Å². The predicted octanol–water partition coefficient (Wildman–Crippen LogP) is 5.17. The summed E-state index contributed by atoms with van der Waals surface area (Å²) in [7, 11) is 0. The summed E-state index contributed by atoms with van der Waals surface area (Å²) in [6, 6.07) is 18.9. The maximum Gasteiger partial charge on any atom is 0.181 e. The van der Waals surface area contributed by atoms with E-state index in [4.69, 9.17) is 4.98 Å². The summed E-state index contributed by atoms with van der Waals surface area (Å²) in [6.45, 7) is 2.13. The molecule has 136 valence electrons. The monoisotopic (exact) mass is 383 g/mol. The van der Waals surface area contributed by atoms with Crippen molar-refractivity contribution in [1.29, 1.82) is 0 Å². The van der Waals surface area contributed by atoms with Crippen molar-refractivity contribution >= 4 is 33.8 Å². The Hall–Kier alpha value is -3.25. The van der Waals surface area contributed by atoms with E-state index in [0.29, 0.717) is 5.65 Å². The van der Waals surface area contributed by atoms with Crippen LogP contribution in [0.4, 0.5) is 0 Å². The van der Waals surface area contributed by atoms with Crippen LogP contribution in [-0.2, 0) is 5.75 Å². The first-order chi connectivity index (χ1) is 13.8. The number of hydrogen-bond acceptors (Lipinski definition) is 5. The Morgan fingerprint density at radius 2 is 1.82 bits per heavy atom.